The maximum absolute atomic E-state index is 12.5. The zero-order chi connectivity index (χ0) is 25.2. The number of aliphatic hydroxyl groups excluding tert-OH is 1. The monoisotopic (exact) mass is 494 g/mol. The summed E-state index contributed by atoms with van der Waals surface area (Å²) in [4.78, 5) is 36.2. The van der Waals surface area contributed by atoms with Gasteiger partial charge < -0.3 is 20.3 Å². The van der Waals surface area contributed by atoms with Crippen LogP contribution in [0.2, 0.25) is 5.02 Å². The number of fused-ring (bicyclic) bond motifs is 3. The lowest BCUT2D eigenvalue weighted by Crippen LogP contribution is -2.54. The minimum atomic E-state index is -1.85. The Balaban J connectivity index is 1.41. The first-order valence-corrected chi connectivity index (χ1v) is 11.2. The second-order valence-electron chi connectivity index (χ2n) is 8.39. The number of carboxylic acid groups (broad SMARTS) is 1. The third-order valence-electron chi connectivity index (χ3n) is 5.99. The molecule has 4 rings (SSSR count). The van der Waals surface area contributed by atoms with E-state index < -0.39 is 30.1 Å². The van der Waals surface area contributed by atoms with Gasteiger partial charge in [-0.05, 0) is 47.4 Å². The van der Waals surface area contributed by atoms with Gasteiger partial charge in [0.15, 0.2) is 5.54 Å². The van der Waals surface area contributed by atoms with E-state index in [4.69, 9.17) is 16.3 Å². The van der Waals surface area contributed by atoms with Crippen molar-refractivity contribution in [3.8, 4) is 11.1 Å². The summed E-state index contributed by atoms with van der Waals surface area (Å²) in [5.74, 6) is -2.21. The van der Waals surface area contributed by atoms with Crippen LogP contribution in [0, 0.1) is 0 Å². The number of aliphatic carboxylic acids is 1. The lowest BCUT2D eigenvalue weighted by molar-refractivity contribution is -0.145. The first-order valence-electron chi connectivity index (χ1n) is 10.8. The van der Waals surface area contributed by atoms with Gasteiger partial charge in [0.05, 0.1) is 17.3 Å². The Hall–Kier alpha value is -3.88. The molecule has 1 aliphatic rings. The molecule has 1 unspecified atom stereocenters. The van der Waals surface area contributed by atoms with E-state index in [0.29, 0.717) is 0 Å². The summed E-state index contributed by atoms with van der Waals surface area (Å²) in [5, 5.41) is 23.4. The molecule has 0 spiro atoms. The predicted octanol–water partition coefficient (Wildman–Crippen LogP) is 4.27. The summed E-state index contributed by atoms with van der Waals surface area (Å²) in [7, 11) is 0. The van der Waals surface area contributed by atoms with Gasteiger partial charge in [0, 0.05) is 11.5 Å². The molecule has 0 saturated heterocycles. The number of aliphatic hydroxyl groups is 1. The molecule has 180 valence electrons. The molecule has 2 amide bonds. The molecule has 1 atom stereocenters. The second kappa shape index (κ2) is 9.77. The van der Waals surface area contributed by atoms with Crippen molar-refractivity contribution in [3.63, 3.8) is 0 Å². The van der Waals surface area contributed by atoms with Gasteiger partial charge in [-0.15, -0.1) is 0 Å². The minimum absolute atomic E-state index is 0.0622. The molecule has 0 bridgehead atoms. The molecule has 3 aromatic rings. The van der Waals surface area contributed by atoms with E-state index in [0.717, 1.165) is 22.3 Å². The fourth-order valence-electron chi connectivity index (χ4n) is 3.99. The molecule has 0 heterocycles. The highest BCUT2D eigenvalue weighted by atomic mass is 35.5. The van der Waals surface area contributed by atoms with E-state index in [9.17, 15) is 24.6 Å². The number of hydrogen-bond acceptors (Lipinski definition) is 5. The minimum Gasteiger partial charge on any atom is -0.479 e. The van der Waals surface area contributed by atoms with Crippen LogP contribution in [-0.2, 0) is 9.53 Å². The maximum Gasteiger partial charge on any atom is 0.411 e. The van der Waals surface area contributed by atoms with Gasteiger partial charge >= 0.3 is 12.1 Å². The van der Waals surface area contributed by atoms with Gasteiger partial charge in [-0.2, -0.15) is 0 Å². The van der Waals surface area contributed by atoms with Gasteiger partial charge in [0.1, 0.15) is 6.61 Å². The van der Waals surface area contributed by atoms with Gasteiger partial charge in [-0.3, -0.25) is 10.1 Å². The summed E-state index contributed by atoms with van der Waals surface area (Å²) in [6, 6.07) is 20.1. The molecule has 9 heteroatoms. The molecule has 4 N–H and O–H groups in total. The molecule has 0 radical (unpaired) electrons. The normalized spacial score (nSPS) is 13.8. The number of halogens is 1. The Morgan fingerprint density at radius 1 is 1.00 bits per heavy atom. The molecule has 8 nitrogen and oxygen atoms in total. The number of carboxylic acids is 1. The Bertz CT molecular complexity index is 1270. The van der Waals surface area contributed by atoms with E-state index in [1.54, 1.807) is 0 Å². The van der Waals surface area contributed by atoms with Crippen LogP contribution in [0.5, 0.6) is 0 Å². The molecule has 35 heavy (non-hydrogen) atoms. The highest BCUT2D eigenvalue weighted by Gasteiger charge is 2.34. The van der Waals surface area contributed by atoms with Crippen molar-refractivity contribution < 1.29 is 29.3 Å². The van der Waals surface area contributed by atoms with Gasteiger partial charge in [0.2, 0.25) is 0 Å². The number of amides is 2. The number of carbonyl (C=O) groups excluding carboxylic acids is 2. The Labute approximate surface area is 206 Å². The number of hydrogen-bond donors (Lipinski definition) is 4. The van der Waals surface area contributed by atoms with Crippen LogP contribution < -0.4 is 10.6 Å². The first-order chi connectivity index (χ1) is 16.7. The van der Waals surface area contributed by atoms with Crippen molar-refractivity contribution in [1.82, 2.24) is 5.32 Å². The first kappa shape index (κ1) is 24.3. The predicted molar refractivity (Wildman–Crippen MR) is 131 cm³/mol. The van der Waals surface area contributed by atoms with E-state index in [-0.39, 0.29) is 28.8 Å². The third-order valence-corrected chi connectivity index (χ3v) is 6.30. The van der Waals surface area contributed by atoms with Crippen molar-refractivity contribution in [3.05, 3.63) is 88.4 Å². The summed E-state index contributed by atoms with van der Waals surface area (Å²) >= 11 is 6.23. The fraction of sp³-hybridized carbons (Fsp3) is 0.192. The average molecular weight is 495 g/mol. The number of benzene rings is 3. The van der Waals surface area contributed by atoms with Crippen LogP contribution in [0.3, 0.4) is 0 Å². The number of rotatable bonds is 7. The molecule has 0 saturated carbocycles. The summed E-state index contributed by atoms with van der Waals surface area (Å²) in [5.41, 5.74) is 2.86. The third kappa shape index (κ3) is 4.84. The van der Waals surface area contributed by atoms with Crippen LogP contribution in [0.1, 0.15) is 34.3 Å². The number of nitrogens with one attached hydrogen (secondary N) is 2. The summed E-state index contributed by atoms with van der Waals surface area (Å²) in [6.45, 7) is 0.526. The van der Waals surface area contributed by atoms with E-state index in [1.807, 2.05) is 48.5 Å². The number of carbonyl (C=O) groups is 3. The van der Waals surface area contributed by atoms with Crippen LogP contribution in [0.25, 0.3) is 11.1 Å². The van der Waals surface area contributed by atoms with Crippen molar-refractivity contribution in [2.75, 3.05) is 18.5 Å². The SMILES string of the molecule is CC(CO)(NC(=O)c1ccc(NC(=O)OCC2c3ccccc3-c3ccccc32)c(Cl)c1)C(=O)O. The average Bonchev–Trinajstić information content (AvgIpc) is 3.17. The van der Waals surface area contributed by atoms with Gasteiger partial charge in [-0.1, -0.05) is 60.1 Å². The lowest BCUT2D eigenvalue weighted by atomic mass is 9.98. The molecular weight excluding hydrogens is 472 g/mol. The second-order valence-corrected chi connectivity index (χ2v) is 8.80. The van der Waals surface area contributed by atoms with Crippen LogP contribution >= 0.6 is 11.6 Å². The van der Waals surface area contributed by atoms with E-state index >= 15 is 0 Å². The largest absolute Gasteiger partial charge is 0.479 e. The quantitative estimate of drug-likeness (QED) is 0.389. The zero-order valence-corrected chi connectivity index (χ0v) is 19.5. The topological polar surface area (TPSA) is 125 Å². The van der Waals surface area contributed by atoms with E-state index in [1.165, 1.54) is 25.1 Å². The zero-order valence-electron chi connectivity index (χ0n) is 18.7. The summed E-state index contributed by atoms with van der Waals surface area (Å²) in [6.07, 6.45) is -0.704. The van der Waals surface area contributed by atoms with Crippen LogP contribution in [-0.4, -0.2) is 46.9 Å². The fourth-order valence-corrected chi connectivity index (χ4v) is 4.21. The summed E-state index contributed by atoms with van der Waals surface area (Å²) < 4.78 is 5.50. The molecule has 0 aromatic heterocycles. The lowest BCUT2D eigenvalue weighted by Gasteiger charge is -2.23. The van der Waals surface area contributed by atoms with Crippen molar-refractivity contribution >= 4 is 35.3 Å². The van der Waals surface area contributed by atoms with Crippen molar-refractivity contribution in [2.24, 2.45) is 0 Å². The number of anilines is 1. The maximum atomic E-state index is 12.5. The van der Waals surface area contributed by atoms with Crippen molar-refractivity contribution in [2.45, 2.75) is 18.4 Å². The standard InChI is InChI=1S/C26H23ClN2O6/c1-26(14-30,24(32)33)29-23(31)15-10-11-22(21(27)12-15)28-25(34)35-13-20-18-8-4-2-6-16(18)17-7-3-5-9-19(17)20/h2-12,20,30H,13-14H2,1H3,(H,28,34)(H,29,31)(H,32,33). The molecule has 1 aliphatic carbocycles. The molecule has 0 aliphatic heterocycles. The van der Waals surface area contributed by atoms with E-state index in [2.05, 4.69) is 10.6 Å². The Morgan fingerprint density at radius 2 is 1.60 bits per heavy atom. The van der Waals surface area contributed by atoms with Crippen LogP contribution in [0.4, 0.5) is 10.5 Å². The molecular formula is C26H23ClN2O6. The number of ether oxygens (including phenoxy) is 1. The highest BCUT2D eigenvalue weighted by molar-refractivity contribution is 6.34. The molecule has 3 aromatic carbocycles. The Kier molecular flexibility index (Phi) is 6.77. The molecule has 0 fully saturated rings. The van der Waals surface area contributed by atoms with Gasteiger partial charge in [-0.25, -0.2) is 9.59 Å². The highest BCUT2D eigenvalue weighted by Crippen LogP contribution is 2.44. The van der Waals surface area contributed by atoms with Crippen LogP contribution in [0.15, 0.2) is 66.7 Å². The van der Waals surface area contributed by atoms with Gasteiger partial charge in [0.25, 0.3) is 5.91 Å². The Morgan fingerprint density at radius 3 is 2.14 bits per heavy atom. The smallest absolute Gasteiger partial charge is 0.411 e. The van der Waals surface area contributed by atoms with Crippen molar-refractivity contribution in [1.29, 1.82) is 0 Å².